The Kier molecular flexibility index (Phi) is 11.2. The van der Waals surface area contributed by atoms with Crippen molar-refractivity contribution < 1.29 is 18.0 Å². The summed E-state index contributed by atoms with van der Waals surface area (Å²) in [6, 6.07) is 5.27. The van der Waals surface area contributed by atoms with Crippen molar-refractivity contribution in [3.63, 3.8) is 0 Å². The summed E-state index contributed by atoms with van der Waals surface area (Å²) < 4.78 is 26.9. The number of carbonyl (C=O) groups excluding carboxylic acids is 2. The maximum atomic E-state index is 12.8. The van der Waals surface area contributed by atoms with E-state index in [1.807, 2.05) is 20.8 Å². The second-order valence-electron chi connectivity index (χ2n) is 8.22. The second kappa shape index (κ2) is 12.8. The fourth-order valence-electron chi connectivity index (χ4n) is 3.38. The lowest BCUT2D eigenvalue weighted by atomic mass is 10.0. The third-order valence-electron chi connectivity index (χ3n) is 5.30. The molecule has 0 saturated carbocycles. The van der Waals surface area contributed by atoms with Crippen molar-refractivity contribution in [1.29, 1.82) is 0 Å². The lowest BCUT2D eigenvalue weighted by Crippen LogP contribution is -2.51. The SMILES string of the molecule is CCCCCC(C)NC(=O)C(NC(=O)c1cccc(S(=O)(=O)N(CC)CC)c1)C(C)C. The lowest BCUT2D eigenvalue weighted by Gasteiger charge is -2.24. The Bertz CT molecular complexity index is 820. The van der Waals surface area contributed by atoms with Crippen LogP contribution in [0.25, 0.3) is 0 Å². The molecule has 0 aliphatic heterocycles. The summed E-state index contributed by atoms with van der Waals surface area (Å²) in [6.45, 7) is 12.1. The van der Waals surface area contributed by atoms with Crippen LogP contribution in [-0.2, 0) is 14.8 Å². The van der Waals surface area contributed by atoms with E-state index in [0.29, 0.717) is 13.1 Å². The second-order valence-corrected chi connectivity index (χ2v) is 10.2. The average Bonchev–Trinajstić information content (AvgIpc) is 2.72. The van der Waals surface area contributed by atoms with Gasteiger partial charge in [0.15, 0.2) is 0 Å². The summed E-state index contributed by atoms with van der Waals surface area (Å²) >= 11 is 0. The number of nitrogens with zero attached hydrogens (tertiary/aromatic N) is 1. The zero-order valence-electron chi connectivity index (χ0n) is 19.8. The number of amides is 2. The fraction of sp³-hybridized carbons (Fsp3) is 0.652. The van der Waals surface area contributed by atoms with Gasteiger partial charge in [-0.15, -0.1) is 0 Å². The third kappa shape index (κ3) is 7.92. The summed E-state index contributed by atoms with van der Waals surface area (Å²) in [7, 11) is -3.67. The molecule has 2 unspecified atom stereocenters. The molecule has 0 bridgehead atoms. The normalized spacial score (nSPS) is 13.8. The molecule has 1 aromatic rings. The van der Waals surface area contributed by atoms with Gasteiger partial charge in [-0.3, -0.25) is 9.59 Å². The van der Waals surface area contributed by atoms with Crippen molar-refractivity contribution >= 4 is 21.8 Å². The number of rotatable bonds is 13. The number of carbonyl (C=O) groups is 2. The Hall–Kier alpha value is -1.93. The van der Waals surface area contributed by atoms with Gasteiger partial charge in [-0.1, -0.05) is 59.9 Å². The van der Waals surface area contributed by atoms with E-state index in [1.165, 1.54) is 16.4 Å². The minimum absolute atomic E-state index is 0.0275. The van der Waals surface area contributed by atoms with E-state index in [1.54, 1.807) is 26.0 Å². The molecular formula is C23H39N3O4S. The van der Waals surface area contributed by atoms with Crippen molar-refractivity contribution in [2.24, 2.45) is 5.92 Å². The highest BCUT2D eigenvalue weighted by Crippen LogP contribution is 2.17. The molecule has 0 aromatic heterocycles. The van der Waals surface area contributed by atoms with Gasteiger partial charge in [0.1, 0.15) is 6.04 Å². The van der Waals surface area contributed by atoms with E-state index in [4.69, 9.17) is 0 Å². The molecule has 8 heteroatoms. The van der Waals surface area contributed by atoms with Crippen LogP contribution in [0.15, 0.2) is 29.2 Å². The van der Waals surface area contributed by atoms with Gasteiger partial charge >= 0.3 is 0 Å². The van der Waals surface area contributed by atoms with E-state index in [0.717, 1.165) is 25.7 Å². The van der Waals surface area contributed by atoms with Crippen molar-refractivity contribution in [3.8, 4) is 0 Å². The zero-order chi connectivity index (χ0) is 23.6. The molecule has 2 amide bonds. The molecule has 0 saturated heterocycles. The van der Waals surface area contributed by atoms with Crippen LogP contribution in [0.2, 0.25) is 0 Å². The maximum Gasteiger partial charge on any atom is 0.251 e. The molecule has 2 atom stereocenters. The van der Waals surface area contributed by atoms with Crippen molar-refractivity contribution in [2.75, 3.05) is 13.1 Å². The number of benzene rings is 1. The van der Waals surface area contributed by atoms with Crippen molar-refractivity contribution in [1.82, 2.24) is 14.9 Å². The monoisotopic (exact) mass is 453 g/mol. The highest BCUT2D eigenvalue weighted by Gasteiger charge is 2.27. The van der Waals surface area contributed by atoms with Crippen LogP contribution in [-0.4, -0.2) is 49.7 Å². The largest absolute Gasteiger partial charge is 0.352 e. The van der Waals surface area contributed by atoms with Crippen LogP contribution >= 0.6 is 0 Å². The highest BCUT2D eigenvalue weighted by molar-refractivity contribution is 7.89. The van der Waals surface area contributed by atoms with Crippen LogP contribution in [0.1, 0.15) is 77.6 Å². The quantitative estimate of drug-likeness (QED) is 0.447. The average molecular weight is 454 g/mol. The summed E-state index contributed by atoms with van der Waals surface area (Å²) in [5.41, 5.74) is 0.211. The van der Waals surface area contributed by atoms with Gasteiger partial charge in [-0.2, -0.15) is 4.31 Å². The number of hydrogen-bond donors (Lipinski definition) is 2. The zero-order valence-corrected chi connectivity index (χ0v) is 20.6. The van der Waals surface area contributed by atoms with E-state index >= 15 is 0 Å². The molecule has 1 aromatic carbocycles. The molecule has 7 nitrogen and oxygen atoms in total. The molecular weight excluding hydrogens is 414 g/mol. The minimum atomic E-state index is -3.67. The van der Waals surface area contributed by atoms with E-state index in [9.17, 15) is 18.0 Å². The first kappa shape index (κ1) is 27.1. The smallest absolute Gasteiger partial charge is 0.251 e. The van der Waals surface area contributed by atoms with Gasteiger partial charge in [-0.05, 0) is 37.5 Å². The topological polar surface area (TPSA) is 95.6 Å². The van der Waals surface area contributed by atoms with Gasteiger partial charge in [0.2, 0.25) is 15.9 Å². The molecule has 2 N–H and O–H groups in total. The van der Waals surface area contributed by atoms with Gasteiger partial charge in [0.05, 0.1) is 4.90 Å². The van der Waals surface area contributed by atoms with Gasteiger partial charge in [0.25, 0.3) is 5.91 Å². The standard InChI is InChI=1S/C23H39N3O4S/c1-7-10-11-13-18(6)24-23(28)21(17(4)5)25-22(27)19-14-12-15-20(16-19)31(29,30)26(8-2)9-3/h12,14-18,21H,7-11,13H2,1-6H3,(H,24,28)(H,25,27). The Morgan fingerprint density at radius 1 is 1.00 bits per heavy atom. The molecule has 176 valence electrons. The molecule has 0 aliphatic rings. The molecule has 31 heavy (non-hydrogen) atoms. The van der Waals surface area contributed by atoms with E-state index < -0.39 is 22.0 Å². The number of nitrogens with one attached hydrogen (secondary N) is 2. The van der Waals surface area contributed by atoms with Gasteiger partial charge in [0, 0.05) is 24.7 Å². The Morgan fingerprint density at radius 2 is 1.65 bits per heavy atom. The molecule has 1 rings (SSSR count). The molecule has 0 aliphatic carbocycles. The third-order valence-corrected chi connectivity index (χ3v) is 7.35. The first-order valence-electron chi connectivity index (χ1n) is 11.3. The first-order valence-corrected chi connectivity index (χ1v) is 12.7. The van der Waals surface area contributed by atoms with Crippen LogP contribution < -0.4 is 10.6 Å². The van der Waals surface area contributed by atoms with E-state index in [2.05, 4.69) is 17.6 Å². The Labute approximate surface area is 188 Å². The number of sulfonamides is 1. The predicted molar refractivity (Wildman–Crippen MR) is 124 cm³/mol. The number of unbranched alkanes of at least 4 members (excludes halogenated alkanes) is 2. The molecule has 0 fully saturated rings. The summed E-state index contributed by atoms with van der Waals surface area (Å²) in [6.07, 6.45) is 4.18. The predicted octanol–water partition coefficient (Wildman–Crippen LogP) is 3.56. The Balaban J connectivity index is 2.95. The molecule has 0 spiro atoms. The van der Waals surface area contributed by atoms with Crippen LogP contribution in [0.5, 0.6) is 0 Å². The van der Waals surface area contributed by atoms with Crippen LogP contribution in [0.4, 0.5) is 0 Å². The molecule has 0 heterocycles. The summed E-state index contributed by atoms with van der Waals surface area (Å²) in [4.78, 5) is 25.7. The van der Waals surface area contributed by atoms with E-state index in [-0.39, 0.29) is 28.3 Å². The van der Waals surface area contributed by atoms with Gasteiger partial charge in [-0.25, -0.2) is 8.42 Å². The Morgan fingerprint density at radius 3 is 2.19 bits per heavy atom. The fourth-order valence-corrected chi connectivity index (χ4v) is 4.88. The van der Waals surface area contributed by atoms with Crippen LogP contribution in [0, 0.1) is 5.92 Å². The lowest BCUT2D eigenvalue weighted by molar-refractivity contribution is -0.124. The highest BCUT2D eigenvalue weighted by atomic mass is 32.2. The number of hydrogen-bond acceptors (Lipinski definition) is 4. The summed E-state index contributed by atoms with van der Waals surface area (Å²) in [5, 5.41) is 5.77. The van der Waals surface area contributed by atoms with Gasteiger partial charge < -0.3 is 10.6 Å². The minimum Gasteiger partial charge on any atom is -0.352 e. The van der Waals surface area contributed by atoms with Crippen molar-refractivity contribution in [2.45, 2.75) is 84.2 Å². The van der Waals surface area contributed by atoms with Crippen molar-refractivity contribution in [3.05, 3.63) is 29.8 Å². The molecule has 0 radical (unpaired) electrons. The summed E-state index contributed by atoms with van der Waals surface area (Å²) in [5.74, 6) is -0.808. The first-order chi connectivity index (χ1) is 14.6. The van der Waals surface area contributed by atoms with Crippen LogP contribution in [0.3, 0.4) is 0 Å². The maximum absolute atomic E-state index is 12.8.